The SMILES string of the molecule is O=C(NNC1=CCS(=O)(=O)c2ccc(F)cc21)c1ccc2c(c1)OCO2. The minimum absolute atomic E-state index is 0.0150. The first kappa shape index (κ1) is 16.4. The zero-order chi connectivity index (χ0) is 18.3. The van der Waals surface area contributed by atoms with Crippen LogP contribution in [0.2, 0.25) is 0 Å². The zero-order valence-corrected chi connectivity index (χ0v) is 14.1. The van der Waals surface area contributed by atoms with E-state index < -0.39 is 21.6 Å². The molecule has 2 aliphatic heterocycles. The number of carbonyl (C=O) groups is 1. The molecule has 0 saturated carbocycles. The lowest BCUT2D eigenvalue weighted by Crippen LogP contribution is -2.37. The third-order valence-corrected chi connectivity index (χ3v) is 5.65. The van der Waals surface area contributed by atoms with Gasteiger partial charge in [-0.3, -0.25) is 15.6 Å². The molecular formula is C17H13FN2O5S. The molecule has 2 N–H and O–H groups in total. The maximum atomic E-state index is 13.5. The molecule has 0 atom stereocenters. The van der Waals surface area contributed by atoms with E-state index in [1.807, 2.05) is 0 Å². The van der Waals surface area contributed by atoms with E-state index >= 15 is 0 Å². The second-order valence-electron chi connectivity index (χ2n) is 5.69. The molecule has 0 fully saturated rings. The Bertz CT molecular complexity index is 1050. The van der Waals surface area contributed by atoms with Gasteiger partial charge in [-0.1, -0.05) is 0 Å². The van der Waals surface area contributed by atoms with Crippen molar-refractivity contribution < 1.29 is 27.1 Å². The maximum absolute atomic E-state index is 13.5. The molecule has 2 aliphatic rings. The van der Waals surface area contributed by atoms with Gasteiger partial charge in [0.05, 0.1) is 16.3 Å². The molecular weight excluding hydrogens is 363 g/mol. The molecule has 0 radical (unpaired) electrons. The van der Waals surface area contributed by atoms with Crippen molar-refractivity contribution in [1.82, 2.24) is 10.9 Å². The summed E-state index contributed by atoms with van der Waals surface area (Å²) in [6, 6.07) is 8.13. The molecule has 2 heterocycles. The van der Waals surface area contributed by atoms with Crippen molar-refractivity contribution in [2.24, 2.45) is 0 Å². The number of carbonyl (C=O) groups excluding carboxylic acids is 1. The number of amides is 1. The van der Waals surface area contributed by atoms with Crippen LogP contribution in [0, 0.1) is 5.82 Å². The Hall–Kier alpha value is -3.07. The van der Waals surface area contributed by atoms with E-state index in [0.717, 1.165) is 12.1 Å². The highest BCUT2D eigenvalue weighted by Crippen LogP contribution is 2.32. The number of rotatable bonds is 3. The number of hydrogen-bond acceptors (Lipinski definition) is 6. The normalized spacial score (nSPS) is 16.4. The molecule has 134 valence electrons. The van der Waals surface area contributed by atoms with Gasteiger partial charge in [-0.25, -0.2) is 12.8 Å². The second kappa shape index (κ2) is 6.03. The fraction of sp³-hybridized carbons (Fsp3) is 0.118. The van der Waals surface area contributed by atoms with Crippen LogP contribution in [0.5, 0.6) is 11.5 Å². The van der Waals surface area contributed by atoms with Crippen LogP contribution in [0.4, 0.5) is 4.39 Å². The Morgan fingerprint density at radius 3 is 2.73 bits per heavy atom. The van der Waals surface area contributed by atoms with Gasteiger partial charge in [0.1, 0.15) is 5.82 Å². The zero-order valence-electron chi connectivity index (χ0n) is 13.3. The Balaban J connectivity index is 1.54. The molecule has 4 rings (SSSR count). The number of sulfone groups is 1. The second-order valence-corrected chi connectivity index (χ2v) is 7.69. The minimum Gasteiger partial charge on any atom is -0.454 e. The van der Waals surface area contributed by atoms with Gasteiger partial charge >= 0.3 is 0 Å². The van der Waals surface area contributed by atoms with Crippen molar-refractivity contribution in [3.05, 3.63) is 59.4 Å². The topological polar surface area (TPSA) is 93.7 Å². The molecule has 0 saturated heterocycles. The smallest absolute Gasteiger partial charge is 0.269 e. The third-order valence-electron chi connectivity index (χ3n) is 4.02. The van der Waals surface area contributed by atoms with Crippen LogP contribution in [-0.2, 0) is 9.84 Å². The molecule has 0 unspecified atom stereocenters. The highest BCUT2D eigenvalue weighted by molar-refractivity contribution is 7.91. The number of ether oxygens (including phenoxy) is 2. The van der Waals surface area contributed by atoms with Crippen molar-refractivity contribution in [2.75, 3.05) is 12.5 Å². The molecule has 0 bridgehead atoms. The highest BCUT2D eigenvalue weighted by Gasteiger charge is 2.25. The standard InChI is InChI=1S/C17H13FN2O5S/c18-11-2-4-16-12(8-11)13(5-6-26(16,22)23)19-20-17(21)10-1-3-14-15(7-10)25-9-24-14/h1-5,7-8,19H,6,9H2,(H,20,21). The summed E-state index contributed by atoms with van der Waals surface area (Å²) in [5, 5.41) is 0. The van der Waals surface area contributed by atoms with Gasteiger partial charge in [0.2, 0.25) is 6.79 Å². The van der Waals surface area contributed by atoms with Gasteiger partial charge in [-0.05, 0) is 42.5 Å². The summed E-state index contributed by atoms with van der Waals surface area (Å²) >= 11 is 0. The van der Waals surface area contributed by atoms with Crippen molar-refractivity contribution in [3.63, 3.8) is 0 Å². The third kappa shape index (κ3) is 2.86. The van der Waals surface area contributed by atoms with Gasteiger partial charge < -0.3 is 9.47 Å². The van der Waals surface area contributed by atoms with Crippen LogP contribution in [0.1, 0.15) is 15.9 Å². The molecule has 0 aliphatic carbocycles. The summed E-state index contributed by atoms with van der Waals surface area (Å²) in [6.45, 7) is 0.0996. The van der Waals surface area contributed by atoms with Crippen LogP contribution < -0.4 is 20.3 Å². The Kier molecular flexibility index (Phi) is 3.80. The van der Waals surface area contributed by atoms with Gasteiger partial charge in [0, 0.05) is 11.1 Å². The van der Waals surface area contributed by atoms with Crippen molar-refractivity contribution in [2.45, 2.75) is 4.90 Å². The Labute approximate surface area is 148 Å². The van der Waals surface area contributed by atoms with Gasteiger partial charge in [0.25, 0.3) is 5.91 Å². The maximum Gasteiger partial charge on any atom is 0.269 e. The Morgan fingerprint density at radius 1 is 1.08 bits per heavy atom. The van der Waals surface area contributed by atoms with E-state index in [1.54, 1.807) is 12.1 Å². The molecule has 0 spiro atoms. The van der Waals surface area contributed by atoms with E-state index in [0.29, 0.717) is 22.8 Å². The van der Waals surface area contributed by atoms with Crippen molar-refractivity contribution >= 4 is 21.4 Å². The van der Waals surface area contributed by atoms with Crippen LogP contribution in [0.15, 0.2) is 47.4 Å². The molecule has 9 heteroatoms. The summed E-state index contributed by atoms with van der Waals surface area (Å²) in [7, 11) is -3.52. The molecule has 1 amide bonds. The lowest BCUT2D eigenvalue weighted by atomic mass is 10.1. The summed E-state index contributed by atoms with van der Waals surface area (Å²) in [5.41, 5.74) is 5.95. The van der Waals surface area contributed by atoms with Gasteiger partial charge in [0.15, 0.2) is 21.3 Å². The fourth-order valence-corrected chi connectivity index (χ4v) is 4.07. The van der Waals surface area contributed by atoms with E-state index in [-0.39, 0.29) is 23.0 Å². The summed E-state index contributed by atoms with van der Waals surface area (Å²) in [6.07, 6.45) is 1.39. The average Bonchev–Trinajstić information content (AvgIpc) is 3.08. The lowest BCUT2D eigenvalue weighted by Gasteiger charge is -2.20. The molecule has 26 heavy (non-hydrogen) atoms. The number of halogens is 1. The van der Waals surface area contributed by atoms with Crippen LogP contribution in [-0.4, -0.2) is 26.9 Å². The average molecular weight is 376 g/mol. The lowest BCUT2D eigenvalue weighted by molar-refractivity contribution is 0.0942. The number of benzene rings is 2. The van der Waals surface area contributed by atoms with E-state index in [4.69, 9.17) is 9.47 Å². The number of fused-ring (bicyclic) bond motifs is 2. The largest absolute Gasteiger partial charge is 0.454 e. The number of hydrazine groups is 1. The highest BCUT2D eigenvalue weighted by atomic mass is 32.2. The molecule has 0 aromatic heterocycles. The quantitative estimate of drug-likeness (QED) is 0.625. The molecule has 2 aromatic rings. The van der Waals surface area contributed by atoms with E-state index in [2.05, 4.69) is 10.9 Å². The van der Waals surface area contributed by atoms with Crippen LogP contribution in [0.3, 0.4) is 0 Å². The molecule has 7 nitrogen and oxygen atoms in total. The molecule has 2 aromatic carbocycles. The first-order valence-corrected chi connectivity index (χ1v) is 9.28. The minimum atomic E-state index is -3.52. The van der Waals surface area contributed by atoms with E-state index in [9.17, 15) is 17.6 Å². The van der Waals surface area contributed by atoms with Crippen molar-refractivity contribution in [3.8, 4) is 11.5 Å². The first-order valence-electron chi connectivity index (χ1n) is 7.63. The van der Waals surface area contributed by atoms with Gasteiger partial charge in [-0.15, -0.1) is 0 Å². The predicted octanol–water partition coefficient (Wildman–Crippen LogP) is 1.62. The predicted molar refractivity (Wildman–Crippen MR) is 89.6 cm³/mol. The fourth-order valence-electron chi connectivity index (χ4n) is 2.73. The number of nitrogens with one attached hydrogen (secondary N) is 2. The van der Waals surface area contributed by atoms with Crippen LogP contribution >= 0.6 is 0 Å². The first-order chi connectivity index (χ1) is 12.4. The van der Waals surface area contributed by atoms with Gasteiger partial charge in [-0.2, -0.15) is 0 Å². The van der Waals surface area contributed by atoms with E-state index in [1.165, 1.54) is 18.2 Å². The monoisotopic (exact) mass is 376 g/mol. The van der Waals surface area contributed by atoms with Crippen molar-refractivity contribution in [1.29, 1.82) is 0 Å². The summed E-state index contributed by atoms with van der Waals surface area (Å²) in [5.74, 6) is -0.258. The summed E-state index contributed by atoms with van der Waals surface area (Å²) in [4.78, 5) is 12.3. The Morgan fingerprint density at radius 2 is 1.88 bits per heavy atom. The number of hydrogen-bond donors (Lipinski definition) is 2. The van der Waals surface area contributed by atoms with Crippen LogP contribution in [0.25, 0.3) is 5.70 Å². The summed E-state index contributed by atoms with van der Waals surface area (Å²) < 4.78 is 48.1.